The Kier molecular flexibility index (Phi) is 5.67. The number of terminal acetylenes is 1. The second-order valence-corrected chi connectivity index (χ2v) is 5.67. The molecule has 5 nitrogen and oxygen atoms in total. The summed E-state index contributed by atoms with van der Waals surface area (Å²) in [6.07, 6.45) is 7.16. The number of nitrogens with one attached hydrogen (secondary N) is 1. The van der Waals surface area contributed by atoms with Gasteiger partial charge >= 0.3 is 0 Å². The Bertz CT molecular complexity index is 636. The van der Waals surface area contributed by atoms with Gasteiger partial charge in [-0.25, -0.2) is 17.9 Å². The minimum atomic E-state index is -3.99. The highest BCUT2D eigenvalue weighted by Crippen LogP contribution is 2.13. The lowest BCUT2D eigenvalue weighted by molar-refractivity contribution is 0.0949. The minimum absolute atomic E-state index is 0.227. The van der Waals surface area contributed by atoms with Gasteiger partial charge < -0.3 is 5.32 Å². The van der Waals surface area contributed by atoms with Gasteiger partial charge in [0.05, 0.1) is 10.5 Å². The van der Waals surface area contributed by atoms with E-state index < -0.39 is 21.7 Å². The van der Waals surface area contributed by atoms with E-state index in [4.69, 9.17) is 11.6 Å². The highest BCUT2D eigenvalue weighted by molar-refractivity contribution is 7.89. The second kappa shape index (κ2) is 7.03. The molecule has 0 radical (unpaired) electrons. The molecule has 0 aliphatic carbocycles. The molecule has 108 valence electrons. The first kappa shape index (κ1) is 16.1. The molecule has 0 heterocycles. The van der Waals surface area contributed by atoms with Crippen LogP contribution in [0.3, 0.4) is 0 Å². The van der Waals surface area contributed by atoms with Crippen molar-refractivity contribution in [3.63, 3.8) is 0 Å². The first-order chi connectivity index (χ1) is 9.36. The summed E-state index contributed by atoms with van der Waals surface area (Å²) in [7, 11) is -3.99. The Labute approximate surface area is 117 Å². The van der Waals surface area contributed by atoms with Crippen molar-refractivity contribution in [3.8, 4) is 12.3 Å². The third-order valence-corrected chi connectivity index (χ3v) is 3.46. The molecule has 0 aliphatic rings. The van der Waals surface area contributed by atoms with Crippen LogP contribution < -0.4 is 10.5 Å². The molecule has 20 heavy (non-hydrogen) atoms. The van der Waals surface area contributed by atoms with Gasteiger partial charge in [-0.2, -0.15) is 0 Å². The van der Waals surface area contributed by atoms with Crippen molar-refractivity contribution in [1.29, 1.82) is 0 Å². The summed E-state index contributed by atoms with van der Waals surface area (Å²) < 4.78 is 35.7. The minimum Gasteiger partial charge on any atom is -0.352 e. The van der Waals surface area contributed by atoms with Gasteiger partial charge in [-0.05, 0) is 31.0 Å². The van der Waals surface area contributed by atoms with Gasteiger partial charge in [-0.15, -0.1) is 12.3 Å². The number of hydrogen-bond acceptors (Lipinski definition) is 3. The fourth-order valence-corrected chi connectivity index (χ4v) is 2.03. The first-order valence-corrected chi connectivity index (χ1v) is 7.45. The topological polar surface area (TPSA) is 89.3 Å². The van der Waals surface area contributed by atoms with Crippen LogP contribution >= 0.6 is 0 Å². The lowest BCUT2D eigenvalue weighted by atomic mass is 10.2. The molecular formula is C13H15FN2O3S. The average molecular weight is 298 g/mol. The first-order valence-electron chi connectivity index (χ1n) is 5.90. The molecule has 3 N–H and O–H groups in total. The van der Waals surface area contributed by atoms with Crippen molar-refractivity contribution in [2.45, 2.75) is 24.2 Å². The fraction of sp³-hybridized carbons (Fsp3) is 0.308. The average Bonchev–Trinajstić information content (AvgIpc) is 2.37. The number of hydrogen-bond donors (Lipinski definition) is 2. The molecule has 0 aliphatic heterocycles. The van der Waals surface area contributed by atoms with Crippen molar-refractivity contribution in [3.05, 3.63) is 29.6 Å². The third kappa shape index (κ3) is 4.64. The summed E-state index contributed by atoms with van der Waals surface area (Å²) in [5, 5.41) is 7.40. The van der Waals surface area contributed by atoms with Gasteiger partial charge in [0, 0.05) is 13.0 Å². The summed E-state index contributed by atoms with van der Waals surface area (Å²) in [5.41, 5.74) is -0.227. The van der Waals surface area contributed by atoms with E-state index in [0.29, 0.717) is 19.4 Å². The van der Waals surface area contributed by atoms with Crippen molar-refractivity contribution in [1.82, 2.24) is 5.32 Å². The van der Waals surface area contributed by atoms with Gasteiger partial charge in [0.2, 0.25) is 10.0 Å². The number of halogens is 1. The Hall–Kier alpha value is -1.91. The number of primary sulfonamides is 1. The highest BCUT2D eigenvalue weighted by Gasteiger charge is 2.15. The normalized spacial score (nSPS) is 10.8. The maximum Gasteiger partial charge on any atom is 0.254 e. The van der Waals surface area contributed by atoms with Gasteiger partial charge in [0.1, 0.15) is 5.82 Å². The lowest BCUT2D eigenvalue weighted by Crippen LogP contribution is -2.25. The molecule has 1 aromatic carbocycles. The van der Waals surface area contributed by atoms with Gasteiger partial charge in [0.15, 0.2) is 0 Å². The monoisotopic (exact) mass is 298 g/mol. The quantitative estimate of drug-likeness (QED) is 0.606. The standard InChI is InChI=1S/C13H15FN2O3S/c1-2-3-4-5-8-16-13(17)11-7-6-10(9-12(11)14)20(15,18)19/h1,6-7,9H,3-5,8H2,(H,16,17)(H2,15,18,19). The Morgan fingerprint density at radius 2 is 2.10 bits per heavy atom. The maximum atomic E-state index is 13.7. The third-order valence-electron chi connectivity index (χ3n) is 2.55. The Morgan fingerprint density at radius 1 is 1.40 bits per heavy atom. The summed E-state index contributed by atoms with van der Waals surface area (Å²) >= 11 is 0. The number of amides is 1. The molecule has 1 aromatic rings. The zero-order chi connectivity index (χ0) is 15.2. The Morgan fingerprint density at radius 3 is 2.65 bits per heavy atom. The van der Waals surface area contributed by atoms with Crippen LogP contribution in [0, 0.1) is 18.2 Å². The van der Waals surface area contributed by atoms with Crippen molar-refractivity contribution in [2.75, 3.05) is 6.54 Å². The maximum absolute atomic E-state index is 13.7. The second-order valence-electron chi connectivity index (χ2n) is 4.10. The number of carbonyl (C=O) groups excluding carboxylic acids is 1. The van der Waals surface area contributed by atoms with Crippen LogP contribution in [0.25, 0.3) is 0 Å². The van der Waals surface area contributed by atoms with E-state index in [2.05, 4.69) is 11.2 Å². The molecule has 0 atom stereocenters. The summed E-state index contributed by atoms with van der Waals surface area (Å²) in [4.78, 5) is 11.3. The molecule has 0 fully saturated rings. The number of carbonyl (C=O) groups is 1. The molecule has 0 spiro atoms. The van der Waals surface area contributed by atoms with Crippen LogP contribution in [0.2, 0.25) is 0 Å². The number of unbranched alkanes of at least 4 members (excludes halogenated alkanes) is 2. The van der Waals surface area contributed by atoms with Crippen LogP contribution in [-0.2, 0) is 10.0 Å². The zero-order valence-electron chi connectivity index (χ0n) is 10.7. The fourth-order valence-electron chi connectivity index (χ4n) is 1.51. The summed E-state index contributed by atoms with van der Waals surface area (Å²) in [6.45, 7) is 0.372. The molecule has 0 aromatic heterocycles. The predicted molar refractivity (Wildman–Crippen MR) is 72.8 cm³/mol. The largest absolute Gasteiger partial charge is 0.352 e. The van der Waals surface area contributed by atoms with E-state index in [1.165, 1.54) is 0 Å². The van der Waals surface area contributed by atoms with E-state index in [0.717, 1.165) is 24.6 Å². The van der Waals surface area contributed by atoms with Crippen LogP contribution in [0.5, 0.6) is 0 Å². The lowest BCUT2D eigenvalue weighted by Gasteiger charge is -2.06. The molecule has 1 amide bonds. The molecule has 1 rings (SSSR count). The summed E-state index contributed by atoms with van der Waals surface area (Å²) in [6, 6.07) is 2.90. The molecule has 0 saturated heterocycles. The number of benzene rings is 1. The smallest absolute Gasteiger partial charge is 0.254 e. The van der Waals surface area contributed by atoms with Crippen LogP contribution in [0.15, 0.2) is 23.1 Å². The SMILES string of the molecule is C#CCCCCNC(=O)c1ccc(S(N)(=O)=O)cc1F. The molecule has 0 saturated carbocycles. The van der Waals surface area contributed by atoms with Gasteiger partial charge in [-0.1, -0.05) is 0 Å². The molecular weight excluding hydrogens is 283 g/mol. The molecule has 0 unspecified atom stereocenters. The summed E-state index contributed by atoms with van der Waals surface area (Å²) in [5.74, 6) is 0.936. The molecule has 7 heteroatoms. The highest BCUT2D eigenvalue weighted by atomic mass is 32.2. The van der Waals surface area contributed by atoms with E-state index in [9.17, 15) is 17.6 Å². The van der Waals surface area contributed by atoms with Crippen molar-refractivity contribution in [2.24, 2.45) is 5.14 Å². The van der Waals surface area contributed by atoms with E-state index in [1.807, 2.05) is 0 Å². The number of sulfonamides is 1. The van der Waals surface area contributed by atoms with E-state index in [1.54, 1.807) is 0 Å². The van der Waals surface area contributed by atoms with Gasteiger partial charge in [0.25, 0.3) is 5.91 Å². The number of nitrogens with two attached hydrogens (primary N) is 1. The van der Waals surface area contributed by atoms with Crippen molar-refractivity contribution >= 4 is 15.9 Å². The predicted octanol–water partition coefficient (Wildman–Crippen LogP) is 1.01. The molecule has 0 bridgehead atoms. The van der Waals surface area contributed by atoms with Crippen LogP contribution in [0.1, 0.15) is 29.6 Å². The van der Waals surface area contributed by atoms with Crippen molar-refractivity contribution < 1.29 is 17.6 Å². The van der Waals surface area contributed by atoms with Crippen LogP contribution in [0.4, 0.5) is 4.39 Å². The van der Waals surface area contributed by atoms with E-state index >= 15 is 0 Å². The van der Waals surface area contributed by atoms with E-state index in [-0.39, 0.29) is 10.5 Å². The van der Waals surface area contributed by atoms with Crippen LogP contribution in [-0.4, -0.2) is 20.9 Å². The number of rotatable bonds is 6. The van der Waals surface area contributed by atoms with Gasteiger partial charge in [-0.3, -0.25) is 4.79 Å². The Balaban J connectivity index is 2.68. The zero-order valence-corrected chi connectivity index (χ0v) is 11.5.